The van der Waals surface area contributed by atoms with Crippen LogP contribution in [0.15, 0.2) is 16.9 Å². The highest BCUT2D eigenvalue weighted by Crippen LogP contribution is 2.45. The quantitative estimate of drug-likeness (QED) is 0.602. The third-order valence-electron chi connectivity index (χ3n) is 8.86. The molecule has 0 spiro atoms. The number of alkyl halides is 2. The van der Waals surface area contributed by atoms with E-state index in [9.17, 15) is 13.6 Å². The van der Waals surface area contributed by atoms with E-state index in [2.05, 4.69) is 12.2 Å². The van der Waals surface area contributed by atoms with Gasteiger partial charge in [0.05, 0.1) is 0 Å². The maximum atomic E-state index is 14.0. The van der Waals surface area contributed by atoms with Gasteiger partial charge in [0.25, 0.3) is 5.68 Å². The molecule has 4 rings (SSSR count). The Morgan fingerprint density at radius 1 is 1.06 bits per heavy atom. The van der Waals surface area contributed by atoms with Crippen molar-refractivity contribution in [2.24, 2.45) is 41.4 Å². The van der Waals surface area contributed by atoms with Gasteiger partial charge in [0.2, 0.25) is 5.91 Å². The number of halogens is 2. The largest absolute Gasteiger partial charge is 0.432 e. The summed E-state index contributed by atoms with van der Waals surface area (Å²) in [5.41, 5.74) is 0.141. The molecule has 0 saturated heterocycles. The third kappa shape index (κ3) is 6.07. The highest BCUT2D eigenvalue weighted by Gasteiger charge is 2.40. The van der Waals surface area contributed by atoms with Crippen LogP contribution < -0.4 is 11.0 Å². The maximum absolute atomic E-state index is 14.0. The van der Waals surface area contributed by atoms with Gasteiger partial charge in [-0.15, -0.1) is 0 Å². The molecule has 7 heteroatoms. The van der Waals surface area contributed by atoms with Crippen LogP contribution in [-0.4, -0.2) is 29.4 Å². The van der Waals surface area contributed by atoms with Gasteiger partial charge >= 0.3 is 0 Å². The third-order valence-corrected chi connectivity index (χ3v) is 8.86. The zero-order valence-electron chi connectivity index (χ0n) is 20.1. The Balaban J connectivity index is 1.40. The SMILES string of the molecule is CC1CC(CNC(=O)C2CC(Cn3ccoc3=N)CC(C3CCC(F)CC3C)C2)CCC1F. The molecular formula is C26H41F2N3O2. The summed E-state index contributed by atoms with van der Waals surface area (Å²) in [5.74, 6) is 2.00. The zero-order chi connectivity index (χ0) is 23.5. The summed E-state index contributed by atoms with van der Waals surface area (Å²) in [6.07, 6.45) is 9.07. The molecule has 0 bridgehead atoms. The monoisotopic (exact) mass is 465 g/mol. The van der Waals surface area contributed by atoms with Crippen LogP contribution in [0.4, 0.5) is 8.78 Å². The van der Waals surface area contributed by atoms with E-state index in [1.54, 1.807) is 6.20 Å². The van der Waals surface area contributed by atoms with Crippen molar-refractivity contribution in [3.63, 3.8) is 0 Å². The molecule has 1 amide bonds. The molecule has 33 heavy (non-hydrogen) atoms. The number of carbonyl (C=O) groups is 1. The van der Waals surface area contributed by atoms with Crippen molar-refractivity contribution in [3.05, 3.63) is 18.1 Å². The van der Waals surface area contributed by atoms with Crippen molar-refractivity contribution < 1.29 is 18.0 Å². The highest BCUT2D eigenvalue weighted by molar-refractivity contribution is 5.78. The fourth-order valence-electron chi connectivity index (χ4n) is 7.02. The van der Waals surface area contributed by atoms with Gasteiger partial charge in [-0.25, -0.2) is 8.78 Å². The normalized spacial score (nSPS) is 39.8. The van der Waals surface area contributed by atoms with Crippen molar-refractivity contribution in [2.75, 3.05) is 6.54 Å². The van der Waals surface area contributed by atoms with Crippen LogP contribution in [0.3, 0.4) is 0 Å². The summed E-state index contributed by atoms with van der Waals surface area (Å²) in [7, 11) is 0. The Morgan fingerprint density at radius 2 is 1.88 bits per heavy atom. The number of nitrogens with zero attached hydrogens (tertiary/aromatic N) is 1. The summed E-state index contributed by atoms with van der Waals surface area (Å²) in [6, 6.07) is 0. The van der Waals surface area contributed by atoms with Gasteiger partial charge in [-0.1, -0.05) is 13.8 Å². The molecule has 3 saturated carbocycles. The second-order valence-electron chi connectivity index (χ2n) is 11.4. The molecular weight excluding hydrogens is 424 g/mol. The molecule has 0 radical (unpaired) electrons. The number of rotatable bonds is 6. The second kappa shape index (κ2) is 10.7. The van der Waals surface area contributed by atoms with E-state index < -0.39 is 12.3 Å². The van der Waals surface area contributed by atoms with Crippen LogP contribution in [0.5, 0.6) is 0 Å². The predicted molar refractivity (Wildman–Crippen MR) is 123 cm³/mol. The molecule has 0 aliphatic heterocycles. The van der Waals surface area contributed by atoms with Crippen molar-refractivity contribution >= 4 is 5.91 Å². The Bertz CT molecular complexity index is 840. The van der Waals surface area contributed by atoms with Crippen LogP contribution >= 0.6 is 0 Å². The average Bonchev–Trinajstić information content (AvgIpc) is 3.18. The van der Waals surface area contributed by atoms with E-state index >= 15 is 0 Å². The van der Waals surface area contributed by atoms with Gasteiger partial charge in [0, 0.05) is 25.2 Å². The lowest BCUT2D eigenvalue weighted by atomic mass is 9.63. The van der Waals surface area contributed by atoms with Gasteiger partial charge in [0.1, 0.15) is 18.6 Å². The zero-order valence-corrected chi connectivity index (χ0v) is 20.1. The lowest BCUT2D eigenvalue weighted by Crippen LogP contribution is -2.42. The smallest absolute Gasteiger partial charge is 0.293 e. The van der Waals surface area contributed by atoms with Crippen LogP contribution in [-0.2, 0) is 11.3 Å². The van der Waals surface area contributed by atoms with E-state index in [0.717, 1.165) is 38.5 Å². The molecule has 5 nitrogen and oxygen atoms in total. The minimum Gasteiger partial charge on any atom is -0.432 e. The van der Waals surface area contributed by atoms with Gasteiger partial charge in [0.15, 0.2) is 0 Å². The first-order chi connectivity index (χ1) is 15.8. The maximum Gasteiger partial charge on any atom is 0.293 e. The summed E-state index contributed by atoms with van der Waals surface area (Å²) in [6.45, 7) is 5.46. The standard InChI is InChI=1S/C26H41F2N3O2/c1-16-10-22(27)4-5-23(16)20-11-19(15-31-7-8-33-26(31)29)12-21(13-20)25(32)30-14-18-3-6-24(28)17(2)9-18/h7-8,16-24,29H,3-6,9-15H2,1-2H3,(H,30,32). The van der Waals surface area contributed by atoms with E-state index in [1.165, 1.54) is 6.26 Å². The lowest BCUT2D eigenvalue weighted by Gasteiger charge is -2.43. The first-order valence-electron chi connectivity index (χ1n) is 13.0. The van der Waals surface area contributed by atoms with Crippen molar-refractivity contribution in [2.45, 2.75) is 90.5 Å². The van der Waals surface area contributed by atoms with Crippen molar-refractivity contribution in [1.29, 1.82) is 5.41 Å². The molecule has 9 unspecified atom stereocenters. The van der Waals surface area contributed by atoms with Gasteiger partial charge in [-0.3, -0.25) is 14.8 Å². The Hall–Kier alpha value is -1.66. The molecule has 1 heterocycles. The first-order valence-corrected chi connectivity index (χ1v) is 13.0. The molecule has 9 atom stereocenters. The first kappa shape index (κ1) is 24.5. The number of hydrogen-bond donors (Lipinski definition) is 2. The Kier molecular flexibility index (Phi) is 7.95. The summed E-state index contributed by atoms with van der Waals surface area (Å²) >= 11 is 0. The Labute approximate surface area is 196 Å². The minimum absolute atomic E-state index is 0.0549. The minimum atomic E-state index is -0.708. The highest BCUT2D eigenvalue weighted by atomic mass is 19.1. The van der Waals surface area contributed by atoms with Crippen LogP contribution in [0.2, 0.25) is 0 Å². The fourth-order valence-corrected chi connectivity index (χ4v) is 7.02. The van der Waals surface area contributed by atoms with E-state index in [0.29, 0.717) is 61.9 Å². The molecule has 0 aromatic carbocycles. The number of carbonyl (C=O) groups excluding carboxylic acids is 1. The number of oxazole rings is 1. The molecule has 1 aromatic rings. The van der Waals surface area contributed by atoms with E-state index in [4.69, 9.17) is 9.83 Å². The molecule has 3 aliphatic rings. The number of nitrogens with one attached hydrogen (secondary N) is 2. The van der Waals surface area contributed by atoms with Crippen LogP contribution in [0.1, 0.15) is 71.6 Å². The molecule has 1 aromatic heterocycles. The van der Waals surface area contributed by atoms with Crippen LogP contribution in [0.25, 0.3) is 0 Å². The summed E-state index contributed by atoms with van der Waals surface area (Å²) in [4.78, 5) is 13.3. The van der Waals surface area contributed by atoms with E-state index in [1.807, 2.05) is 11.5 Å². The fraction of sp³-hybridized carbons (Fsp3) is 0.846. The lowest BCUT2D eigenvalue weighted by molar-refractivity contribution is -0.128. The average molecular weight is 466 g/mol. The Morgan fingerprint density at radius 3 is 2.58 bits per heavy atom. The topological polar surface area (TPSA) is 71.0 Å². The summed E-state index contributed by atoms with van der Waals surface area (Å²) < 4.78 is 34.7. The van der Waals surface area contributed by atoms with Crippen molar-refractivity contribution in [3.8, 4) is 0 Å². The molecule has 3 aliphatic carbocycles. The van der Waals surface area contributed by atoms with Gasteiger partial charge < -0.3 is 9.73 Å². The molecule has 186 valence electrons. The molecule has 2 N–H and O–H groups in total. The molecule has 3 fully saturated rings. The summed E-state index contributed by atoms with van der Waals surface area (Å²) in [5, 5.41) is 11.2. The number of amides is 1. The van der Waals surface area contributed by atoms with E-state index in [-0.39, 0.29) is 23.4 Å². The van der Waals surface area contributed by atoms with Gasteiger partial charge in [-0.05, 0) is 93.3 Å². The van der Waals surface area contributed by atoms with Crippen molar-refractivity contribution in [1.82, 2.24) is 9.88 Å². The number of hydrogen-bond acceptors (Lipinski definition) is 3. The second-order valence-corrected chi connectivity index (χ2v) is 11.4. The number of aromatic nitrogens is 1. The predicted octanol–water partition coefficient (Wildman–Crippen LogP) is 5.26. The van der Waals surface area contributed by atoms with Gasteiger partial charge in [-0.2, -0.15) is 0 Å². The van der Waals surface area contributed by atoms with Crippen LogP contribution in [0, 0.1) is 46.8 Å².